The van der Waals surface area contributed by atoms with Gasteiger partial charge < -0.3 is 14.6 Å². The van der Waals surface area contributed by atoms with E-state index in [1.807, 2.05) is 0 Å². The molecule has 0 aromatic carbocycles. The second-order valence-corrected chi connectivity index (χ2v) is 6.96. The minimum absolute atomic E-state index is 0.0907. The third kappa shape index (κ3) is 1.56. The van der Waals surface area contributed by atoms with E-state index in [0.717, 1.165) is 12.8 Å². The highest BCUT2D eigenvalue weighted by Crippen LogP contribution is 2.60. The molecule has 8 atom stereocenters. The number of hydrogen-bond acceptors (Lipinski definition) is 5. The van der Waals surface area contributed by atoms with E-state index in [2.05, 4.69) is 6.92 Å². The zero-order chi connectivity index (χ0) is 16.6. The van der Waals surface area contributed by atoms with Gasteiger partial charge in [0.05, 0.1) is 0 Å². The third-order valence-corrected chi connectivity index (χ3v) is 5.78. The Kier molecular flexibility index (Phi) is 2.19. The fourth-order valence-corrected chi connectivity index (χ4v) is 4.63. The van der Waals surface area contributed by atoms with Gasteiger partial charge in [-0.15, -0.1) is 0 Å². The molecule has 4 saturated heterocycles. The van der Waals surface area contributed by atoms with E-state index in [4.69, 9.17) is 23.4 Å². The summed E-state index contributed by atoms with van der Waals surface area (Å²) in [5.74, 6) is -1.84. The molecule has 2 bridgehead atoms. The second-order valence-electron chi connectivity index (χ2n) is 6.96. The van der Waals surface area contributed by atoms with Crippen LogP contribution in [0.5, 0.6) is 0 Å². The van der Waals surface area contributed by atoms with Crippen LogP contribution in [-0.4, -0.2) is 29.1 Å². The SMILES string of the molecule is [2H]C([2H])([2H])[C@H]1C(O)O[C@@H]2O[C@@]3(C)CC[C@H]4[C@H](C)CC[C@@H]1[C@@]24OO3. The van der Waals surface area contributed by atoms with Crippen molar-refractivity contribution in [2.24, 2.45) is 23.7 Å². The van der Waals surface area contributed by atoms with Crippen molar-refractivity contribution >= 4 is 0 Å². The van der Waals surface area contributed by atoms with Gasteiger partial charge in [0, 0.05) is 22.4 Å². The first-order valence-corrected chi connectivity index (χ1v) is 7.55. The number of rotatable bonds is 0. The molecular weight excluding hydrogens is 260 g/mol. The zero-order valence-corrected chi connectivity index (χ0v) is 11.9. The molecule has 0 amide bonds. The fourth-order valence-electron chi connectivity index (χ4n) is 4.63. The van der Waals surface area contributed by atoms with Gasteiger partial charge in [-0.2, -0.15) is 0 Å². The molecule has 1 unspecified atom stereocenters. The van der Waals surface area contributed by atoms with Crippen LogP contribution in [0.3, 0.4) is 0 Å². The maximum absolute atomic E-state index is 10.4. The lowest BCUT2D eigenvalue weighted by Gasteiger charge is -2.59. The summed E-state index contributed by atoms with van der Waals surface area (Å²) in [6, 6.07) is 0. The lowest BCUT2D eigenvalue weighted by atomic mass is 9.58. The van der Waals surface area contributed by atoms with Crippen molar-refractivity contribution in [1.82, 2.24) is 0 Å². The summed E-state index contributed by atoms with van der Waals surface area (Å²) in [6.45, 7) is 1.63. The van der Waals surface area contributed by atoms with Crippen LogP contribution in [0.15, 0.2) is 0 Å². The molecule has 1 spiro atoms. The Hall–Kier alpha value is -0.200. The lowest BCUT2D eigenvalue weighted by Crippen LogP contribution is -2.70. The summed E-state index contributed by atoms with van der Waals surface area (Å²) < 4.78 is 35.2. The van der Waals surface area contributed by atoms with Gasteiger partial charge in [-0.1, -0.05) is 13.8 Å². The van der Waals surface area contributed by atoms with Crippen molar-refractivity contribution in [2.45, 2.75) is 70.4 Å². The Labute approximate surface area is 123 Å². The van der Waals surface area contributed by atoms with E-state index in [0.29, 0.717) is 18.8 Å². The molecule has 1 aliphatic carbocycles. The Bertz CT molecular complexity index is 500. The predicted octanol–water partition coefficient (Wildman–Crippen LogP) is 2.19. The van der Waals surface area contributed by atoms with Gasteiger partial charge in [0.1, 0.15) is 0 Å². The average Bonchev–Trinajstić information content (AvgIpc) is 2.66. The Morgan fingerprint density at radius 3 is 2.85 bits per heavy atom. The van der Waals surface area contributed by atoms with Gasteiger partial charge in [-0.3, -0.25) is 0 Å². The van der Waals surface area contributed by atoms with Gasteiger partial charge in [-0.05, 0) is 38.0 Å². The molecule has 5 heteroatoms. The van der Waals surface area contributed by atoms with Crippen molar-refractivity contribution in [3.63, 3.8) is 0 Å². The van der Waals surface area contributed by atoms with Gasteiger partial charge in [0.25, 0.3) is 0 Å². The van der Waals surface area contributed by atoms with Crippen molar-refractivity contribution in [3.8, 4) is 0 Å². The monoisotopic (exact) mass is 287 g/mol. The highest BCUT2D eigenvalue weighted by Gasteiger charge is 2.69. The van der Waals surface area contributed by atoms with Crippen LogP contribution in [0, 0.1) is 23.7 Å². The molecule has 0 aromatic rings. The van der Waals surface area contributed by atoms with Crippen molar-refractivity contribution in [3.05, 3.63) is 0 Å². The number of ether oxygens (including phenoxy) is 2. The van der Waals surface area contributed by atoms with Crippen LogP contribution in [0.2, 0.25) is 0 Å². The fraction of sp³-hybridized carbons (Fsp3) is 1.00. The van der Waals surface area contributed by atoms with Gasteiger partial charge in [0.2, 0.25) is 5.79 Å². The largest absolute Gasteiger partial charge is 0.368 e. The molecule has 4 aliphatic heterocycles. The van der Waals surface area contributed by atoms with Crippen LogP contribution in [0.4, 0.5) is 0 Å². The molecular formula is C15H24O5. The summed E-state index contributed by atoms with van der Waals surface area (Å²) in [4.78, 5) is 11.5. The molecule has 114 valence electrons. The van der Waals surface area contributed by atoms with Gasteiger partial charge in [0.15, 0.2) is 18.2 Å². The topological polar surface area (TPSA) is 57.2 Å². The van der Waals surface area contributed by atoms with Gasteiger partial charge >= 0.3 is 0 Å². The molecule has 5 rings (SSSR count). The van der Waals surface area contributed by atoms with Crippen molar-refractivity contribution < 1.29 is 28.5 Å². The van der Waals surface area contributed by atoms with E-state index >= 15 is 0 Å². The molecule has 5 aliphatic rings. The molecule has 1 saturated carbocycles. The van der Waals surface area contributed by atoms with Crippen LogP contribution >= 0.6 is 0 Å². The predicted molar refractivity (Wildman–Crippen MR) is 69.0 cm³/mol. The molecule has 0 radical (unpaired) electrons. The molecule has 1 N–H and O–H groups in total. The van der Waals surface area contributed by atoms with E-state index in [-0.39, 0.29) is 11.8 Å². The van der Waals surface area contributed by atoms with Crippen molar-refractivity contribution in [2.75, 3.05) is 0 Å². The number of aliphatic hydroxyl groups is 1. The first-order valence-electron chi connectivity index (χ1n) is 9.05. The van der Waals surface area contributed by atoms with Crippen molar-refractivity contribution in [1.29, 1.82) is 0 Å². The maximum Gasteiger partial charge on any atom is 0.201 e. The standard InChI is InChI=1S/C15H24O5/c1-8-4-5-11-9(2)12(16)17-13-15(11)10(8)6-7-14(3,18-13)19-20-15/h8-13,16H,4-7H2,1-3H3/t8-,9-,10+,11+,12?,13-,14-,15-/m1/s1/i2D3. The zero-order valence-electron chi connectivity index (χ0n) is 14.9. The van der Waals surface area contributed by atoms with Crippen LogP contribution in [0.25, 0.3) is 0 Å². The number of hydrogen-bond donors (Lipinski definition) is 1. The molecule has 0 aromatic heterocycles. The van der Waals surface area contributed by atoms with E-state index in [1.165, 1.54) is 0 Å². The third-order valence-electron chi connectivity index (χ3n) is 5.78. The summed E-state index contributed by atoms with van der Waals surface area (Å²) in [6.07, 6.45) is 0.867. The van der Waals surface area contributed by atoms with E-state index in [1.54, 1.807) is 6.92 Å². The maximum atomic E-state index is 10.4. The quantitative estimate of drug-likeness (QED) is 0.692. The minimum Gasteiger partial charge on any atom is -0.368 e. The second kappa shape index (κ2) is 4.17. The van der Waals surface area contributed by atoms with E-state index in [9.17, 15) is 5.11 Å². The first kappa shape index (κ1) is 10.5. The normalized spacial score (nSPS) is 64.7. The number of aliphatic hydroxyl groups excluding tert-OH is 1. The van der Waals surface area contributed by atoms with Crippen LogP contribution in [0.1, 0.15) is 50.5 Å². The summed E-state index contributed by atoms with van der Waals surface area (Å²) in [5.41, 5.74) is -0.952. The smallest absolute Gasteiger partial charge is 0.201 e. The minimum atomic E-state index is -2.33. The highest BCUT2D eigenvalue weighted by atomic mass is 17.3. The summed E-state index contributed by atoms with van der Waals surface area (Å²) in [5, 5.41) is 10.4. The van der Waals surface area contributed by atoms with E-state index < -0.39 is 36.7 Å². The Morgan fingerprint density at radius 1 is 1.20 bits per heavy atom. The Balaban J connectivity index is 1.82. The lowest BCUT2D eigenvalue weighted by molar-refractivity contribution is -0.576. The highest BCUT2D eigenvalue weighted by molar-refractivity contribution is 5.08. The number of fused-ring (bicyclic) bond motifs is 2. The molecule has 5 fully saturated rings. The first-order chi connectivity index (χ1) is 10.7. The molecule has 20 heavy (non-hydrogen) atoms. The summed E-state index contributed by atoms with van der Waals surface area (Å²) in [7, 11) is 0. The van der Waals surface area contributed by atoms with Crippen LogP contribution in [-0.2, 0) is 19.2 Å². The Morgan fingerprint density at radius 2 is 2.05 bits per heavy atom. The van der Waals surface area contributed by atoms with Gasteiger partial charge in [-0.25, -0.2) is 9.78 Å². The summed E-state index contributed by atoms with van der Waals surface area (Å²) >= 11 is 0. The average molecular weight is 287 g/mol. The van der Waals surface area contributed by atoms with Crippen LogP contribution < -0.4 is 0 Å². The molecule has 5 nitrogen and oxygen atoms in total. The molecule has 4 heterocycles.